The molecule has 1 aliphatic rings. The Morgan fingerprint density at radius 1 is 0.976 bits per heavy atom. The number of nitrogens with zero attached hydrogens (tertiary/aromatic N) is 3. The Labute approximate surface area is 257 Å². The average Bonchev–Trinajstić information content (AvgIpc) is 2.98. The van der Waals surface area contributed by atoms with Crippen LogP contribution in [0, 0.1) is 5.92 Å². The number of nitrogens with one attached hydrogen (secondary N) is 2. The van der Waals surface area contributed by atoms with Gasteiger partial charge in [-0.3, -0.25) is 9.52 Å². The van der Waals surface area contributed by atoms with E-state index in [1.54, 1.807) is 18.3 Å². The van der Waals surface area contributed by atoms with Gasteiger partial charge in [-0.1, -0.05) is 40.9 Å². The number of carbonyl (C=O) groups is 1. The van der Waals surface area contributed by atoms with E-state index in [1.165, 1.54) is 32.5 Å². The van der Waals surface area contributed by atoms with Crippen molar-refractivity contribution < 1.29 is 22.7 Å². The van der Waals surface area contributed by atoms with E-state index in [9.17, 15) is 13.2 Å². The Bertz CT molecular complexity index is 1760. The zero-order chi connectivity index (χ0) is 30.0. The van der Waals surface area contributed by atoms with E-state index in [-0.39, 0.29) is 44.4 Å². The lowest BCUT2D eigenvalue weighted by Crippen LogP contribution is -2.30. The quantitative estimate of drug-likeness (QED) is 0.202. The Balaban J connectivity index is 1.38. The van der Waals surface area contributed by atoms with Crippen LogP contribution < -0.4 is 14.8 Å². The molecular weight excluding hydrogens is 625 g/mol. The predicted octanol–water partition coefficient (Wildman–Crippen LogP) is 6.61. The number of sulfonamides is 1. The Kier molecular flexibility index (Phi) is 8.93. The highest BCUT2D eigenvalue weighted by molar-refractivity contribution is 7.92. The number of esters is 1. The van der Waals surface area contributed by atoms with Gasteiger partial charge in [0, 0.05) is 29.4 Å². The standard InChI is InChI=1S/C28H26Cl3N5O5S/c1-40-26-23(12-18(29)14-32-26)42(38,39)36-22-10-8-20(30)24(25(22)31)16-5-9-21-17(11-16)13-33-28(35-21)34-19-6-3-15(4-7-19)27(37)41-2/h5,8-15,19,36H,3-4,6-7H2,1-2H3,(H,33,34,35). The largest absolute Gasteiger partial charge is 0.480 e. The monoisotopic (exact) mass is 649 g/mol. The first-order valence-electron chi connectivity index (χ1n) is 12.9. The van der Waals surface area contributed by atoms with Crippen molar-refractivity contribution in [1.82, 2.24) is 15.0 Å². The molecule has 2 N–H and O–H groups in total. The van der Waals surface area contributed by atoms with Crippen molar-refractivity contribution in [3.63, 3.8) is 0 Å². The minimum absolute atomic E-state index is 0.0619. The highest BCUT2D eigenvalue weighted by Gasteiger charge is 2.27. The van der Waals surface area contributed by atoms with Gasteiger partial charge in [-0.05, 0) is 61.6 Å². The fraction of sp³-hybridized carbons (Fsp3) is 0.286. The molecule has 0 saturated heterocycles. The lowest BCUT2D eigenvalue weighted by atomic mass is 9.86. The maximum absolute atomic E-state index is 13.2. The van der Waals surface area contributed by atoms with Crippen LogP contribution in [-0.2, 0) is 19.6 Å². The van der Waals surface area contributed by atoms with Crippen LogP contribution in [0.2, 0.25) is 15.1 Å². The van der Waals surface area contributed by atoms with Crippen LogP contribution in [-0.4, -0.2) is 49.6 Å². The van der Waals surface area contributed by atoms with Crippen LogP contribution >= 0.6 is 34.8 Å². The second-order valence-corrected chi connectivity index (χ2v) is 12.6. The number of methoxy groups -OCH3 is 2. The number of benzene rings is 2. The van der Waals surface area contributed by atoms with Crippen molar-refractivity contribution in [2.24, 2.45) is 5.92 Å². The minimum atomic E-state index is -4.17. The predicted molar refractivity (Wildman–Crippen MR) is 163 cm³/mol. The topological polar surface area (TPSA) is 132 Å². The molecule has 5 rings (SSSR count). The highest BCUT2D eigenvalue weighted by Crippen LogP contribution is 2.41. The van der Waals surface area contributed by atoms with Gasteiger partial charge in [0.15, 0.2) is 4.90 Å². The number of hydrogen-bond acceptors (Lipinski definition) is 9. The summed E-state index contributed by atoms with van der Waals surface area (Å²) in [5, 5.41) is 4.65. The summed E-state index contributed by atoms with van der Waals surface area (Å²) in [6, 6.07) is 9.87. The van der Waals surface area contributed by atoms with Crippen molar-refractivity contribution in [2.75, 3.05) is 24.3 Å². The van der Waals surface area contributed by atoms with Crippen molar-refractivity contribution in [3.8, 4) is 17.0 Å². The molecule has 1 fully saturated rings. The van der Waals surface area contributed by atoms with E-state index in [2.05, 4.69) is 25.0 Å². The molecular formula is C28H26Cl3N5O5S. The third-order valence-electron chi connectivity index (χ3n) is 7.07. The number of fused-ring (bicyclic) bond motifs is 1. The summed E-state index contributed by atoms with van der Waals surface area (Å²) >= 11 is 19.2. The first kappa shape index (κ1) is 30.1. The molecule has 1 saturated carbocycles. The number of pyridine rings is 1. The normalized spacial score (nSPS) is 17.1. The first-order valence-corrected chi connectivity index (χ1v) is 15.5. The van der Waals surface area contributed by atoms with E-state index in [1.807, 2.05) is 12.1 Å². The molecule has 2 heterocycles. The Morgan fingerprint density at radius 2 is 1.74 bits per heavy atom. The molecule has 2 aromatic carbocycles. The van der Waals surface area contributed by atoms with Crippen molar-refractivity contribution in [1.29, 1.82) is 0 Å². The number of anilines is 2. The van der Waals surface area contributed by atoms with Crippen LogP contribution in [0.5, 0.6) is 5.88 Å². The van der Waals surface area contributed by atoms with Crippen LogP contribution in [0.3, 0.4) is 0 Å². The second kappa shape index (κ2) is 12.5. The lowest BCUT2D eigenvalue weighted by Gasteiger charge is -2.27. The SMILES string of the molecule is COC(=O)C1CCC(Nc2ncc3cc(-c4c(Cl)ccc(NS(=O)(=O)c5cc(Cl)cnc5OC)c4Cl)ccc3n2)CC1. The third-order valence-corrected chi connectivity index (χ3v) is 9.34. The molecule has 10 nitrogen and oxygen atoms in total. The van der Waals surface area contributed by atoms with Crippen molar-refractivity contribution in [3.05, 3.63) is 63.9 Å². The van der Waals surface area contributed by atoms with Crippen LogP contribution in [0.15, 0.2) is 53.7 Å². The number of ether oxygens (including phenoxy) is 2. The van der Waals surface area contributed by atoms with Crippen molar-refractivity contribution >= 4 is 73.3 Å². The maximum atomic E-state index is 13.2. The minimum Gasteiger partial charge on any atom is -0.480 e. The summed E-state index contributed by atoms with van der Waals surface area (Å²) in [7, 11) is -1.45. The van der Waals surface area contributed by atoms with Crippen molar-refractivity contribution in [2.45, 2.75) is 36.6 Å². The van der Waals surface area contributed by atoms with E-state index >= 15 is 0 Å². The van der Waals surface area contributed by atoms with Gasteiger partial charge in [0.2, 0.25) is 11.8 Å². The summed E-state index contributed by atoms with van der Waals surface area (Å²) in [5.41, 5.74) is 1.88. The van der Waals surface area contributed by atoms with Gasteiger partial charge < -0.3 is 14.8 Å². The fourth-order valence-corrected chi connectivity index (χ4v) is 7.06. The molecule has 0 spiro atoms. The number of rotatable bonds is 8. The van der Waals surface area contributed by atoms with E-state index in [4.69, 9.17) is 44.3 Å². The maximum Gasteiger partial charge on any atom is 0.308 e. The zero-order valence-electron chi connectivity index (χ0n) is 22.5. The lowest BCUT2D eigenvalue weighted by molar-refractivity contribution is -0.146. The Hall–Kier alpha value is -3.38. The van der Waals surface area contributed by atoms with Gasteiger partial charge in [-0.15, -0.1) is 0 Å². The molecule has 0 radical (unpaired) electrons. The molecule has 0 aliphatic heterocycles. The van der Waals surface area contributed by atoms with Crippen LogP contribution in [0.25, 0.3) is 22.0 Å². The van der Waals surface area contributed by atoms with Gasteiger partial charge in [0.1, 0.15) is 0 Å². The van der Waals surface area contributed by atoms with Gasteiger partial charge in [0.25, 0.3) is 10.0 Å². The van der Waals surface area contributed by atoms with Gasteiger partial charge in [-0.2, -0.15) is 0 Å². The summed E-state index contributed by atoms with van der Waals surface area (Å²) in [6.45, 7) is 0. The summed E-state index contributed by atoms with van der Waals surface area (Å²) in [4.78, 5) is 24.6. The molecule has 1 aliphatic carbocycles. The molecule has 0 atom stereocenters. The van der Waals surface area contributed by atoms with E-state index in [0.29, 0.717) is 27.6 Å². The second-order valence-electron chi connectivity index (χ2n) is 9.73. The van der Waals surface area contributed by atoms with Gasteiger partial charge in [-0.25, -0.2) is 23.4 Å². The third kappa shape index (κ3) is 6.34. The zero-order valence-corrected chi connectivity index (χ0v) is 25.6. The summed E-state index contributed by atoms with van der Waals surface area (Å²) in [6.07, 6.45) is 6.12. The van der Waals surface area contributed by atoms with Crippen LogP contribution in [0.4, 0.5) is 11.6 Å². The number of aromatic nitrogens is 3. The molecule has 0 amide bonds. The molecule has 4 aromatic rings. The smallest absolute Gasteiger partial charge is 0.308 e. The number of halogens is 3. The number of hydrogen-bond donors (Lipinski definition) is 2. The highest BCUT2D eigenvalue weighted by atomic mass is 35.5. The molecule has 14 heteroatoms. The summed E-state index contributed by atoms with van der Waals surface area (Å²) in [5.74, 6) is 0.158. The van der Waals surface area contributed by atoms with Gasteiger partial charge in [0.05, 0.1) is 46.4 Å². The molecule has 220 valence electrons. The molecule has 42 heavy (non-hydrogen) atoms. The fourth-order valence-electron chi connectivity index (χ4n) is 4.93. The number of carbonyl (C=O) groups excluding carboxylic acids is 1. The van der Waals surface area contributed by atoms with Crippen LogP contribution in [0.1, 0.15) is 25.7 Å². The molecule has 2 aromatic heterocycles. The molecule has 0 bridgehead atoms. The van der Waals surface area contributed by atoms with Gasteiger partial charge >= 0.3 is 5.97 Å². The van der Waals surface area contributed by atoms with E-state index in [0.717, 1.165) is 31.1 Å². The van der Waals surface area contributed by atoms with E-state index < -0.39 is 10.0 Å². The first-order chi connectivity index (χ1) is 20.1. The summed E-state index contributed by atoms with van der Waals surface area (Å²) < 4.78 is 38.9. The Morgan fingerprint density at radius 3 is 2.45 bits per heavy atom. The average molecular weight is 651 g/mol. The molecule has 0 unspecified atom stereocenters.